The van der Waals surface area contributed by atoms with Crippen LogP contribution in [0.15, 0.2) is 46.9 Å². The first-order valence-corrected chi connectivity index (χ1v) is 6.22. The van der Waals surface area contributed by atoms with Gasteiger partial charge in [-0.25, -0.2) is 0 Å². The van der Waals surface area contributed by atoms with E-state index in [0.717, 1.165) is 5.69 Å². The van der Waals surface area contributed by atoms with Crippen LogP contribution >= 0.6 is 0 Å². The van der Waals surface area contributed by atoms with Crippen LogP contribution in [0.5, 0.6) is 0 Å². The molecule has 0 saturated heterocycles. The molecule has 0 aliphatic carbocycles. The summed E-state index contributed by atoms with van der Waals surface area (Å²) in [5, 5.41) is 10.3. The van der Waals surface area contributed by atoms with Crippen molar-refractivity contribution in [2.75, 3.05) is 11.9 Å². The lowest BCUT2D eigenvalue weighted by molar-refractivity contribution is 0.466. The van der Waals surface area contributed by atoms with Crippen LogP contribution in [0.2, 0.25) is 0 Å². The third-order valence-electron chi connectivity index (χ3n) is 3.12. The van der Waals surface area contributed by atoms with Gasteiger partial charge in [0.1, 0.15) is 0 Å². The van der Waals surface area contributed by atoms with E-state index in [-0.39, 0.29) is 0 Å². The highest BCUT2D eigenvalue weighted by Gasteiger charge is 2.09. The highest BCUT2D eigenvalue weighted by molar-refractivity contribution is 5.94. The summed E-state index contributed by atoms with van der Waals surface area (Å²) in [6.07, 6.45) is 0. The SMILES string of the molecule is Cc1nnc(CN(C)c2cccc3ccccc23)o1. The van der Waals surface area contributed by atoms with Crippen LogP contribution in [-0.2, 0) is 6.54 Å². The first-order chi connectivity index (χ1) is 9.24. The van der Waals surface area contributed by atoms with Gasteiger partial charge in [0.05, 0.1) is 6.54 Å². The molecule has 0 spiro atoms. The maximum atomic E-state index is 5.42. The van der Waals surface area contributed by atoms with Crippen molar-refractivity contribution in [2.45, 2.75) is 13.5 Å². The van der Waals surface area contributed by atoms with Gasteiger partial charge in [-0.3, -0.25) is 0 Å². The number of rotatable bonds is 3. The van der Waals surface area contributed by atoms with E-state index in [4.69, 9.17) is 4.42 Å². The van der Waals surface area contributed by atoms with Gasteiger partial charge >= 0.3 is 0 Å². The Morgan fingerprint density at radius 1 is 1.05 bits per heavy atom. The number of fused-ring (bicyclic) bond motifs is 1. The zero-order valence-electron chi connectivity index (χ0n) is 11.0. The van der Waals surface area contributed by atoms with E-state index in [9.17, 15) is 0 Å². The second-order valence-corrected chi connectivity index (χ2v) is 4.57. The lowest BCUT2D eigenvalue weighted by Crippen LogP contribution is -2.16. The highest BCUT2D eigenvalue weighted by Crippen LogP contribution is 2.26. The smallest absolute Gasteiger partial charge is 0.235 e. The molecule has 1 heterocycles. The molecule has 2 aromatic carbocycles. The molecule has 0 saturated carbocycles. The molecule has 3 rings (SSSR count). The molecule has 0 bridgehead atoms. The molecule has 19 heavy (non-hydrogen) atoms. The van der Waals surface area contributed by atoms with Gasteiger partial charge in [-0.15, -0.1) is 10.2 Å². The van der Waals surface area contributed by atoms with Crippen molar-refractivity contribution in [3.05, 3.63) is 54.2 Å². The first-order valence-electron chi connectivity index (χ1n) is 6.22. The normalized spacial score (nSPS) is 10.8. The molecular weight excluding hydrogens is 238 g/mol. The molecule has 0 N–H and O–H groups in total. The van der Waals surface area contributed by atoms with Gasteiger partial charge in [0.15, 0.2) is 0 Å². The summed E-state index contributed by atoms with van der Waals surface area (Å²) in [5.74, 6) is 1.23. The van der Waals surface area contributed by atoms with Crippen molar-refractivity contribution in [1.82, 2.24) is 10.2 Å². The van der Waals surface area contributed by atoms with Gasteiger partial charge in [0.2, 0.25) is 11.8 Å². The number of hydrogen-bond acceptors (Lipinski definition) is 4. The van der Waals surface area contributed by atoms with Crippen molar-refractivity contribution in [2.24, 2.45) is 0 Å². The summed E-state index contributed by atoms with van der Waals surface area (Å²) in [5.41, 5.74) is 1.16. The quantitative estimate of drug-likeness (QED) is 0.719. The summed E-state index contributed by atoms with van der Waals surface area (Å²) in [4.78, 5) is 2.12. The molecule has 1 aromatic heterocycles. The van der Waals surface area contributed by atoms with Gasteiger partial charge < -0.3 is 9.32 Å². The minimum atomic E-state index is 0.598. The maximum Gasteiger partial charge on any atom is 0.235 e. The van der Waals surface area contributed by atoms with Gasteiger partial charge in [0, 0.05) is 25.0 Å². The Morgan fingerprint density at radius 3 is 2.63 bits per heavy atom. The zero-order chi connectivity index (χ0) is 13.2. The number of hydrogen-bond donors (Lipinski definition) is 0. The molecular formula is C15H15N3O. The van der Waals surface area contributed by atoms with Crippen molar-refractivity contribution in [3.63, 3.8) is 0 Å². The Bertz CT molecular complexity index is 700. The second kappa shape index (κ2) is 4.72. The monoisotopic (exact) mass is 253 g/mol. The molecule has 0 amide bonds. The van der Waals surface area contributed by atoms with Crippen LogP contribution in [0.25, 0.3) is 10.8 Å². The highest BCUT2D eigenvalue weighted by atomic mass is 16.4. The molecule has 0 aliphatic rings. The van der Waals surface area contributed by atoms with E-state index in [1.54, 1.807) is 6.92 Å². The predicted molar refractivity (Wildman–Crippen MR) is 75.1 cm³/mol. The van der Waals surface area contributed by atoms with E-state index in [1.807, 2.05) is 13.1 Å². The van der Waals surface area contributed by atoms with Gasteiger partial charge in [-0.1, -0.05) is 36.4 Å². The average Bonchev–Trinajstić information content (AvgIpc) is 2.83. The summed E-state index contributed by atoms with van der Waals surface area (Å²) in [6.45, 7) is 2.41. The third-order valence-corrected chi connectivity index (χ3v) is 3.12. The van der Waals surface area contributed by atoms with Crippen LogP contribution < -0.4 is 4.90 Å². The Hall–Kier alpha value is -2.36. The number of anilines is 1. The molecule has 96 valence electrons. The molecule has 0 unspecified atom stereocenters. The van der Waals surface area contributed by atoms with Crippen LogP contribution in [0.3, 0.4) is 0 Å². The van der Waals surface area contributed by atoms with Crippen molar-refractivity contribution >= 4 is 16.5 Å². The number of aryl methyl sites for hydroxylation is 1. The largest absolute Gasteiger partial charge is 0.424 e. The van der Waals surface area contributed by atoms with Crippen LogP contribution in [-0.4, -0.2) is 17.2 Å². The van der Waals surface area contributed by atoms with E-state index in [2.05, 4.69) is 51.5 Å². The van der Waals surface area contributed by atoms with E-state index >= 15 is 0 Å². The summed E-state index contributed by atoms with van der Waals surface area (Å²) < 4.78 is 5.42. The number of aromatic nitrogens is 2. The lowest BCUT2D eigenvalue weighted by Gasteiger charge is -2.19. The predicted octanol–water partition coefficient (Wildman–Crippen LogP) is 3.17. The van der Waals surface area contributed by atoms with Crippen LogP contribution in [0, 0.1) is 6.92 Å². The molecule has 0 aliphatic heterocycles. The maximum absolute atomic E-state index is 5.42. The lowest BCUT2D eigenvalue weighted by atomic mass is 10.1. The summed E-state index contributed by atoms with van der Waals surface area (Å²) in [7, 11) is 2.03. The molecule has 0 atom stereocenters. The standard InChI is InChI=1S/C15H15N3O/c1-11-16-17-15(19-11)10-18(2)14-9-5-7-12-6-3-4-8-13(12)14/h3-9H,10H2,1-2H3. The Kier molecular flexibility index (Phi) is 2.91. The van der Waals surface area contributed by atoms with E-state index in [0.29, 0.717) is 18.3 Å². The van der Waals surface area contributed by atoms with Crippen LogP contribution in [0.1, 0.15) is 11.8 Å². The van der Waals surface area contributed by atoms with Crippen LogP contribution in [0.4, 0.5) is 5.69 Å². The number of nitrogens with zero attached hydrogens (tertiary/aromatic N) is 3. The molecule has 3 aromatic rings. The Balaban J connectivity index is 1.95. The minimum absolute atomic E-state index is 0.598. The van der Waals surface area contributed by atoms with Crippen molar-refractivity contribution in [3.8, 4) is 0 Å². The fourth-order valence-corrected chi connectivity index (χ4v) is 2.23. The van der Waals surface area contributed by atoms with Crippen molar-refractivity contribution < 1.29 is 4.42 Å². The van der Waals surface area contributed by atoms with Gasteiger partial charge in [-0.05, 0) is 11.5 Å². The van der Waals surface area contributed by atoms with Gasteiger partial charge in [-0.2, -0.15) is 0 Å². The van der Waals surface area contributed by atoms with E-state index in [1.165, 1.54) is 10.8 Å². The summed E-state index contributed by atoms with van der Waals surface area (Å²) in [6, 6.07) is 14.6. The topological polar surface area (TPSA) is 42.2 Å². The second-order valence-electron chi connectivity index (χ2n) is 4.57. The first kappa shape index (κ1) is 11.7. The van der Waals surface area contributed by atoms with Gasteiger partial charge in [0.25, 0.3) is 0 Å². The fourth-order valence-electron chi connectivity index (χ4n) is 2.23. The molecule has 4 nitrogen and oxygen atoms in total. The molecule has 0 fully saturated rings. The molecule has 4 heteroatoms. The van der Waals surface area contributed by atoms with E-state index < -0.39 is 0 Å². The zero-order valence-corrected chi connectivity index (χ0v) is 11.0. The molecule has 0 radical (unpaired) electrons. The Morgan fingerprint density at radius 2 is 1.84 bits per heavy atom. The van der Waals surface area contributed by atoms with Crippen molar-refractivity contribution in [1.29, 1.82) is 0 Å². The Labute approximate surface area is 111 Å². The summed E-state index contributed by atoms with van der Waals surface area (Å²) >= 11 is 0. The average molecular weight is 253 g/mol. The number of benzene rings is 2. The fraction of sp³-hybridized carbons (Fsp3) is 0.200. The third kappa shape index (κ3) is 2.29. The minimum Gasteiger partial charge on any atom is -0.424 e.